The highest BCUT2D eigenvalue weighted by molar-refractivity contribution is 5.78. The van der Waals surface area contributed by atoms with Gasteiger partial charge in [-0.25, -0.2) is 0 Å². The molecule has 4 heteroatoms. The highest BCUT2D eigenvalue weighted by Gasteiger charge is 2.28. The van der Waals surface area contributed by atoms with E-state index in [-0.39, 0.29) is 5.92 Å². The summed E-state index contributed by atoms with van der Waals surface area (Å²) in [7, 11) is 2.21. The lowest BCUT2D eigenvalue weighted by Crippen LogP contribution is -2.48. The lowest BCUT2D eigenvalue weighted by Gasteiger charge is -2.38. The van der Waals surface area contributed by atoms with Gasteiger partial charge in [0.1, 0.15) is 0 Å². The molecule has 4 rings (SSSR count). The van der Waals surface area contributed by atoms with Crippen LogP contribution in [0, 0.1) is 19.8 Å². The highest BCUT2D eigenvalue weighted by atomic mass is 16.2. The van der Waals surface area contributed by atoms with Crippen LogP contribution in [0.2, 0.25) is 0 Å². The molecule has 172 valence electrons. The topological polar surface area (TPSA) is 26.8 Å². The summed E-state index contributed by atoms with van der Waals surface area (Å²) < 4.78 is 0. The molecule has 2 heterocycles. The molecule has 0 saturated carbocycles. The van der Waals surface area contributed by atoms with Crippen LogP contribution in [-0.2, 0) is 4.79 Å². The van der Waals surface area contributed by atoms with Gasteiger partial charge in [-0.3, -0.25) is 4.79 Å². The highest BCUT2D eigenvalue weighted by Crippen LogP contribution is 2.33. The van der Waals surface area contributed by atoms with E-state index in [1.54, 1.807) is 0 Å². The van der Waals surface area contributed by atoms with Crippen LogP contribution in [0.4, 0.5) is 0 Å². The van der Waals surface area contributed by atoms with Crippen molar-refractivity contribution in [3.63, 3.8) is 0 Å². The lowest BCUT2D eigenvalue weighted by molar-refractivity contribution is -0.132. The second-order valence-electron chi connectivity index (χ2n) is 9.90. The first-order valence-electron chi connectivity index (χ1n) is 12.3. The van der Waals surface area contributed by atoms with Crippen LogP contribution in [0.3, 0.4) is 0 Å². The van der Waals surface area contributed by atoms with Crippen LogP contribution in [0.15, 0.2) is 48.5 Å². The first-order chi connectivity index (χ1) is 15.5. The molecule has 32 heavy (non-hydrogen) atoms. The van der Waals surface area contributed by atoms with E-state index < -0.39 is 0 Å². The van der Waals surface area contributed by atoms with E-state index in [9.17, 15) is 4.79 Å². The number of carbonyl (C=O) groups is 1. The number of carbonyl (C=O) groups excluding carboxylic acids is 1. The van der Waals surface area contributed by atoms with Gasteiger partial charge in [0.2, 0.25) is 5.91 Å². The van der Waals surface area contributed by atoms with Crippen LogP contribution in [0.1, 0.15) is 47.4 Å². The summed E-state index contributed by atoms with van der Waals surface area (Å²) in [4.78, 5) is 20.6. The quantitative estimate of drug-likeness (QED) is 0.679. The van der Waals surface area contributed by atoms with Gasteiger partial charge in [0, 0.05) is 58.2 Å². The monoisotopic (exact) mass is 433 g/mol. The van der Waals surface area contributed by atoms with Crippen LogP contribution in [0.5, 0.6) is 0 Å². The number of piperazine rings is 1. The summed E-state index contributed by atoms with van der Waals surface area (Å²) in [6.45, 7) is 12.1. The second-order valence-corrected chi connectivity index (χ2v) is 9.90. The van der Waals surface area contributed by atoms with E-state index in [1.165, 1.54) is 55.0 Å². The molecule has 0 spiro atoms. The summed E-state index contributed by atoms with van der Waals surface area (Å²) in [5.74, 6) is 1.15. The van der Waals surface area contributed by atoms with Crippen LogP contribution in [-0.4, -0.2) is 73.5 Å². The van der Waals surface area contributed by atoms with Crippen molar-refractivity contribution in [3.05, 3.63) is 70.8 Å². The van der Waals surface area contributed by atoms with Crippen molar-refractivity contribution in [2.75, 3.05) is 52.9 Å². The Hall–Kier alpha value is -2.17. The SMILES string of the molecule is Cc1ccccc1C(CC(=O)N1CCC(CN2CCN(C)CC2)CC1)c1ccccc1C. The van der Waals surface area contributed by atoms with Crippen molar-refractivity contribution in [3.8, 4) is 0 Å². The minimum absolute atomic E-state index is 0.118. The zero-order valence-electron chi connectivity index (χ0n) is 20.1. The molecule has 2 aromatic rings. The van der Waals surface area contributed by atoms with Gasteiger partial charge in [-0.15, -0.1) is 0 Å². The van der Waals surface area contributed by atoms with Crippen molar-refractivity contribution in [1.29, 1.82) is 0 Å². The maximum atomic E-state index is 13.4. The van der Waals surface area contributed by atoms with Crippen molar-refractivity contribution in [2.45, 2.75) is 39.0 Å². The molecular formula is C28H39N3O. The van der Waals surface area contributed by atoms with Gasteiger partial charge >= 0.3 is 0 Å². The number of rotatable bonds is 6. The van der Waals surface area contributed by atoms with Crippen LogP contribution in [0.25, 0.3) is 0 Å². The van der Waals surface area contributed by atoms with E-state index in [1.807, 2.05) is 0 Å². The second kappa shape index (κ2) is 10.6. The molecule has 0 atom stereocenters. The standard InChI is InChI=1S/C28H39N3O/c1-22-8-4-6-10-25(22)27(26-11-7-5-9-23(26)2)20-28(32)31-14-12-24(13-15-31)21-30-18-16-29(3)17-19-30/h4-11,24,27H,12-21H2,1-3H3. The Morgan fingerprint density at radius 2 is 1.38 bits per heavy atom. The third-order valence-electron chi connectivity index (χ3n) is 7.59. The molecule has 2 saturated heterocycles. The van der Waals surface area contributed by atoms with Gasteiger partial charge in [0.05, 0.1) is 0 Å². The predicted octanol–water partition coefficient (Wildman–Crippen LogP) is 4.31. The Kier molecular flexibility index (Phi) is 7.64. The predicted molar refractivity (Wildman–Crippen MR) is 132 cm³/mol. The molecule has 0 aromatic heterocycles. The first-order valence-corrected chi connectivity index (χ1v) is 12.3. The van der Waals surface area contributed by atoms with Gasteiger partial charge in [-0.1, -0.05) is 48.5 Å². The average molecular weight is 434 g/mol. The Labute approximate surface area is 194 Å². The zero-order valence-corrected chi connectivity index (χ0v) is 20.1. The third kappa shape index (κ3) is 5.60. The number of amides is 1. The van der Waals surface area contributed by atoms with E-state index in [4.69, 9.17) is 0 Å². The average Bonchev–Trinajstić information content (AvgIpc) is 2.80. The molecule has 0 unspecified atom stereocenters. The molecule has 4 nitrogen and oxygen atoms in total. The summed E-state index contributed by atoms with van der Waals surface area (Å²) in [6, 6.07) is 17.1. The largest absolute Gasteiger partial charge is 0.343 e. The maximum absolute atomic E-state index is 13.4. The van der Waals surface area contributed by atoms with Gasteiger partial charge in [0.15, 0.2) is 0 Å². The van der Waals surface area contributed by atoms with Crippen LogP contribution >= 0.6 is 0 Å². The molecular weight excluding hydrogens is 394 g/mol. The lowest BCUT2D eigenvalue weighted by atomic mass is 9.83. The molecule has 0 bridgehead atoms. The number of likely N-dealkylation sites (tertiary alicyclic amines) is 1. The molecule has 0 radical (unpaired) electrons. The van der Waals surface area contributed by atoms with E-state index in [2.05, 4.69) is 84.1 Å². The van der Waals surface area contributed by atoms with Crippen molar-refractivity contribution < 1.29 is 4.79 Å². The molecule has 2 fully saturated rings. The Morgan fingerprint density at radius 3 is 1.91 bits per heavy atom. The molecule has 0 N–H and O–H groups in total. The minimum atomic E-state index is 0.118. The van der Waals surface area contributed by atoms with Crippen molar-refractivity contribution in [1.82, 2.24) is 14.7 Å². The van der Waals surface area contributed by atoms with E-state index in [0.29, 0.717) is 12.3 Å². The van der Waals surface area contributed by atoms with Gasteiger partial charge in [-0.05, 0) is 61.9 Å². The van der Waals surface area contributed by atoms with Gasteiger partial charge < -0.3 is 14.7 Å². The van der Waals surface area contributed by atoms with Crippen LogP contribution < -0.4 is 0 Å². The number of aryl methyl sites for hydroxylation is 2. The van der Waals surface area contributed by atoms with E-state index >= 15 is 0 Å². The fraction of sp³-hybridized carbons (Fsp3) is 0.536. The Morgan fingerprint density at radius 1 is 0.844 bits per heavy atom. The number of hydrogen-bond acceptors (Lipinski definition) is 3. The Balaban J connectivity index is 1.39. The number of piperidine rings is 1. The smallest absolute Gasteiger partial charge is 0.223 e. The third-order valence-corrected chi connectivity index (χ3v) is 7.59. The zero-order chi connectivity index (χ0) is 22.5. The van der Waals surface area contributed by atoms with Crippen molar-refractivity contribution >= 4 is 5.91 Å². The number of benzene rings is 2. The fourth-order valence-corrected chi connectivity index (χ4v) is 5.41. The molecule has 2 aromatic carbocycles. The van der Waals surface area contributed by atoms with Gasteiger partial charge in [0.25, 0.3) is 0 Å². The summed E-state index contributed by atoms with van der Waals surface area (Å²) in [5.41, 5.74) is 5.08. The summed E-state index contributed by atoms with van der Waals surface area (Å²) in [5, 5.41) is 0. The van der Waals surface area contributed by atoms with E-state index in [0.717, 1.165) is 31.8 Å². The fourth-order valence-electron chi connectivity index (χ4n) is 5.41. The summed E-state index contributed by atoms with van der Waals surface area (Å²) in [6.07, 6.45) is 2.83. The normalized spacial score (nSPS) is 18.9. The number of likely N-dealkylation sites (N-methyl/N-ethyl adjacent to an activating group) is 1. The summed E-state index contributed by atoms with van der Waals surface area (Å²) >= 11 is 0. The van der Waals surface area contributed by atoms with Gasteiger partial charge in [-0.2, -0.15) is 0 Å². The molecule has 0 aliphatic carbocycles. The minimum Gasteiger partial charge on any atom is -0.343 e. The number of nitrogens with zero attached hydrogens (tertiary/aromatic N) is 3. The first kappa shape index (κ1) is 23.0. The number of hydrogen-bond donors (Lipinski definition) is 0. The molecule has 1 amide bonds. The maximum Gasteiger partial charge on any atom is 0.223 e. The Bertz CT molecular complexity index is 850. The molecule has 2 aliphatic heterocycles. The van der Waals surface area contributed by atoms with Crippen molar-refractivity contribution in [2.24, 2.45) is 5.92 Å². The molecule has 2 aliphatic rings.